The van der Waals surface area contributed by atoms with Crippen LogP contribution in [0.2, 0.25) is 5.02 Å². The molecule has 0 aromatic heterocycles. The summed E-state index contributed by atoms with van der Waals surface area (Å²) in [5.41, 5.74) is 3.37. The second-order valence-corrected chi connectivity index (χ2v) is 5.25. The summed E-state index contributed by atoms with van der Waals surface area (Å²) in [5.74, 6) is 1.67. The van der Waals surface area contributed by atoms with Gasteiger partial charge in [-0.1, -0.05) is 45.7 Å². The molecule has 0 heterocycles. The molecule has 0 unspecified atom stereocenters. The summed E-state index contributed by atoms with van der Waals surface area (Å²) in [6.07, 6.45) is 0. The SMILES string of the molecule is Cc1ccc(C)c(Oc2cc(Cl)ccc2CBr)c1. The number of rotatable bonds is 3. The molecule has 2 aromatic carbocycles. The first-order chi connectivity index (χ1) is 8.60. The Bertz CT molecular complexity index is 566. The minimum atomic E-state index is 0.681. The van der Waals surface area contributed by atoms with Crippen molar-refractivity contribution in [2.45, 2.75) is 19.2 Å². The lowest BCUT2D eigenvalue weighted by Gasteiger charge is -2.12. The fraction of sp³-hybridized carbons (Fsp3) is 0.200. The van der Waals surface area contributed by atoms with E-state index in [1.54, 1.807) is 0 Å². The molecular weight excluding hydrogens is 312 g/mol. The number of ether oxygens (including phenoxy) is 1. The van der Waals surface area contributed by atoms with Crippen LogP contribution in [0.4, 0.5) is 0 Å². The number of alkyl halides is 1. The van der Waals surface area contributed by atoms with Gasteiger partial charge in [0.2, 0.25) is 0 Å². The quantitative estimate of drug-likeness (QED) is 0.663. The van der Waals surface area contributed by atoms with Crippen LogP contribution < -0.4 is 4.74 Å². The topological polar surface area (TPSA) is 9.23 Å². The van der Waals surface area contributed by atoms with Crippen molar-refractivity contribution in [3.8, 4) is 11.5 Å². The molecule has 2 rings (SSSR count). The fourth-order valence-corrected chi connectivity index (χ4v) is 2.29. The van der Waals surface area contributed by atoms with Crippen LogP contribution >= 0.6 is 27.5 Å². The molecule has 0 saturated heterocycles. The maximum Gasteiger partial charge on any atom is 0.132 e. The lowest BCUT2D eigenvalue weighted by atomic mass is 10.1. The van der Waals surface area contributed by atoms with Gasteiger partial charge in [-0.25, -0.2) is 0 Å². The van der Waals surface area contributed by atoms with Crippen molar-refractivity contribution in [3.63, 3.8) is 0 Å². The molecule has 0 aliphatic heterocycles. The molecule has 0 fully saturated rings. The summed E-state index contributed by atoms with van der Waals surface area (Å²) in [6.45, 7) is 4.09. The van der Waals surface area contributed by atoms with E-state index in [9.17, 15) is 0 Å². The molecule has 2 aromatic rings. The smallest absolute Gasteiger partial charge is 0.132 e. The van der Waals surface area contributed by atoms with E-state index in [2.05, 4.69) is 35.0 Å². The molecule has 0 spiro atoms. The highest BCUT2D eigenvalue weighted by Gasteiger charge is 2.07. The molecule has 3 heteroatoms. The van der Waals surface area contributed by atoms with E-state index < -0.39 is 0 Å². The monoisotopic (exact) mass is 324 g/mol. The third kappa shape index (κ3) is 3.06. The average molecular weight is 326 g/mol. The lowest BCUT2D eigenvalue weighted by Crippen LogP contribution is -1.92. The predicted octanol–water partition coefficient (Wildman–Crippen LogP) is 5.64. The van der Waals surface area contributed by atoms with Gasteiger partial charge in [0, 0.05) is 15.9 Å². The zero-order chi connectivity index (χ0) is 13.1. The van der Waals surface area contributed by atoms with Crippen molar-refractivity contribution in [3.05, 3.63) is 58.1 Å². The normalized spacial score (nSPS) is 10.4. The van der Waals surface area contributed by atoms with Crippen LogP contribution in [0.25, 0.3) is 0 Å². The Kier molecular flexibility index (Phi) is 4.31. The van der Waals surface area contributed by atoms with Crippen molar-refractivity contribution in [1.29, 1.82) is 0 Å². The van der Waals surface area contributed by atoms with Gasteiger partial charge in [-0.3, -0.25) is 0 Å². The largest absolute Gasteiger partial charge is 0.457 e. The van der Waals surface area contributed by atoms with Crippen LogP contribution in [0.1, 0.15) is 16.7 Å². The van der Waals surface area contributed by atoms with Crippen LogP contribution in [0.15, 0.2) is 36.4 Å². The van der Waals surface area contributed by atoms with E-state index in [0.717, 1.165) is 28.0 Å². The average Bonchev–Trinajstić information content (AvgIpc) is 2.34. The van der Waals surface area contributed by atoms with E-state index in [0.29, 0.717) is 5.02 Å². The van der Waals surface area contributed by atoms with Gasteiger partial charge < -0.3 is 4.74 Å². The summed E-state index contributed by atoms with van der Waals surface area (Å²) >= 11 is 9.47. The Morgan fingerprint density at radius 3 is 2.56 bits per heavy atom. The maximum atomic E-state index is 6.02. The second-order valence-electron chi connectivity index (χ2n) is 4.26. The summed E-state index contributed by atoms with van der Waals surface area (Å²) in [4.78, 5) is 0. The molecular formula is C15H14BrClO. The van der Waals surface area contributed by atoms with Gasteiger partial charge in [0.05, 0.1) is 0 Å². The molecule has 0 bridgehead atoms. The van der Waals surface area contributed by atoms with Gasteiger partial charge >= 0.3 is 0 Å². The number of hydrogen-bond donors (Lipinski definition) is 0. The summed E-state index contributed by atoms with van der Waals surface area (Å²) in [7, 11) is 0. The fourth-order valence-electron chi connectivity index (χ4n) is 1.67. The van der Waals surface area contributed by atoms with Gasteiger partial charge in [0.15, 0.2) is 0 Å². The zero-order valence-electron chi connectivity index (χ0n) is 10.3. The van der Waals surface area contributed by atoms with Gasteiger partial charge in [-0.05, 0) is 43.2 Å². The van der Waals surface area contributed by atoms with Gasteiger partial charge in [0.1, 0.15) is 11.5 Å². The van der Waals surface area contributed by atoms with Crippen molar-refractivity contribution >= 4 is 27.5 Å². The van der Waals surface area contributed by atoms with Crippen LogP contribution in [0.3, 0.4) is 0 Å². The molecule has 0 saturated carbocycles. The first-order valence-electron chi connectivity index (χ1n) is 5.69. The molecule has 0 N–H and O–H groups in total. The lowest BCUT2D eigenvalue weighted by molar-refractivity contribution is 0.474. The molecule has 1 nitrogen and oxygen atoms in total. The minimum absolute atomic E-state index is 0.681. The molecule has 0 atom stereocenters. The minimum Gasteiger partial charge on any atom is -0.457 e. The van der Waals surface area contributed by atoms with Crippen LogP contribution in [-0.2, 0) is 5.33 Å². The third-order valence-corrected chi connectivity index (χ3v) is 3.58. The van der Waals surface area contributed by atoms with Crippen molar-refractivity contribution in [1.82, 2.24) is 0 Å². The van der Waals surface area contributed by atoms with Crippen molar-refractivity contribution in [2.75, 3.05) is 0 Å². The van der Waals surface area contributed by atoms with E-state index >= 15 is 0 Å². The maximum absolute atomic E-state index is 6.02. The van der Waals surface area contributed by atoms with E-state index in [4.69, 9.17) is 16.3 Å². The molecule has 94 valence electrons. The Labute approximate surface area is 121 Å². The van der Waals surface area contributed by atoms with Gasteiger partial charge in [-0.2, -0.15) is 0 Å². The summed E-state index contributed by atoms with van der Waals surface area (Å²) in [5, 5.41) is 1.42. The first kappa shape index (κ1) is 13.4. The highest BCUT2D eigenvalue weighted by atomic mass is 79.9. The molecule has 0 aliphatic carbocycles. The van der Waals surface area contributed by atoms with Gasteiger partial charge in [-0.15, -0.1) is 0 Å². The number of halogens is 2. The highest BCUT2D eigenvalue weighted by molar-refractivity contribution is 9.08. The molecule has 0 radical (unpaired) electrons. The molecule has 0 amide bonds. The Morgan fingerprint density at radius 2 is 1.83 bits per heavy atom. The van der Waals surface area contributed by atoms with E-state index in [-0.39, 0.29) is 0 Å². The van der Waals surface area contributed by atoms with Crippen LogP contribution in [0, 0.1) is 13.8 Å². The summed E-state index contributed by atoms with van der Waals surface area (Å²) in [6, 6.07) is 11.9. The summed E-state index contributed by atoms with van der Waals surface area (Å²) < 4.78 is 5.98. The Hall–Kier alpha value is -0.990. The van der Waals surface area contributed by atoms with Crippen LogP contribution in [0.5, 0.6) is 11.5 Å². The standard InChI is InChI=1S/C15H14BrClO/c1-10-3-4-11(2)14(7-10)18-15-8-13(17)6-5-12(15)9-16/h3-8H,9H2,1-2H3. The number of benzene rings is 2. The molecule has 18 heavy (non-hydrogen) atoms. The zero-order valence-corrected chi connectivity index (χ0v) is 12.7. The Balaban J connectivity index is 2.38. The third-order valence-electron chi connectivity index (χ3n) is 2.74. The van der Waals surface area contributed by atoms with Crippen LogP contribution in [-0.4, -0.2) is 0 Å². The highest BCUT2D eigenvalue weighted by Crippen LogP contribution is 2.31. The van der Waals surface area contributed by atoms with Crippen molar-refractivity contribution in [2.24, 2.45) is 0 Å². The Morgan fingerprint density at radius 1 is 1.06 bits per heavy atom. The predicted molar refractivity (Wildman–Crippen MR) is 80.1 cm³/mol. The first-order valence-corrected chi connectivity index (χ1v) is 7.19. The molecule has 0 aliphatic rings. The van der Waals surface area contributed by atoms with Crippen molar-refractivity contribution < 1.29 is 4.74 Å². The van der Waals surface area contributed by atoms with E-state index in [1.165, 1.54) is 5.56 Å². The number of aryl methyl sites for hydroxylation is 2. The second kappa shape index (κ2) is 5.77. The van der Waals surface area contributed by atoms with Gasteiger partial charge in [0.25, 0.3) is 0 Å². The number of hydrogen-bond acceptors (Lipinski definition) is 1. The van der Waals surface area contributed by atoms with E-state index in [1.807, 2.05) is 31.2 Å².